The van der Waals surface area contributed by atoms with Gasteiger partial charge in [-0.2, -0.15) is 0 Å². The second-order valence-electron chi connectivity index (χ2n) is 1.39. The average Bonchev–Trinajstić information content (AvgIpc) is 2.14. The van der Waals surface area contributed by atoms with Gasteiger partial charge in [-0.25, -0.2) is 0 Å². The van der Waals surface area contributed by atoms with Crippen molar-refractivity contribution in [1.82, 2.24) is 0 Å². The fourth-order valence-corrected chi connectivity index (χ4v) is 1.67. The van der Waals surface area contributed by atoms with Crippen LogP contribution in [0, 0.1) is 0 Å². The number of thiophene rings is 1. The Kier molecular flexibility index (Phi) is 2.05. The van der Waals surface area contributed by atoms with Crippen LogP contribution in [0.5, 0.6) is 0 Å². The van der Waals surface area contributed by atoms with E-state index in [1.54, 1.807) is 6.07 Å². The number of hydrogen-bond donors (Lipinski definition) is 0. The highest BCUT2D eigenvalue weighted by molar-refractivity contribution is 7.82. The molecule has 0 spiro atoms. The molecule has 1 atom stereocenters. The molecular weight excluding hydrogens is 155 g/mol. The summed E-state index contributed by atoms with van der Waals surface area (Å²) in [6.07, 6.45) is 0. The van der Waals surface area contributed by atoms with E-state index in [0.717, 1.165) is 11.3 Å². The van der Waals surface area contributed by atoms with Gasteiger partial charge in [0.1, 0.15) is 7.85 Å². The molecule has 2 nitrogen and oxygen atoms in total. The van der Waals surface area contributed by atoms with Crippen LogP contribution in [0.15, 0.2) is 16.3 Å². The third-order valence-corrected chi connectivity index (χ3v) is 2.60. The van der Waals surface area contributed by atoms with Crippen LogP contribution >= 0.6 is 11.3 Å². The van der Waals surface area contributed by atoms with E-state index in [1.165, 1.54) is 6.07 Å². The van der Waals surface area contributed by atoms with Gasteiger partial charge in [0.05, 0.1) is 4.21 Å². The molecule has 1 unspecified atom stereocenters. The lowest BCUT2D eigenvalue weighted by Gasteiger charge is -1.97. The second kappa shape index (κ2) is 2.64. The minimum atomic E-state index is -2.12. The average molecular weight is 157 g/mol. The smallest absolute Gasteiger partial charge is 0.128 e. The minimum absolute atomic E-state index is 0.285. The van der Waals surface area contributed by atoms with Crippen molar-refractivity contribution in [2.75, 3.05) is 0 Å². The van der Waals surface area contributed by atoms with E-state index in [9.17, 15) is 8.76 Å². The molecular formula is C4H2BO2S2-. The summed E-state index contributed by atoms with van der Waals surface area (Å²) < 4.78 is 21.1. The Balaban J connectivity index is 2.98. The van der Waals surface area contributed by atoms with Crippen LogP contribution in [0.2, 0.25) is 0 Å². The first-order valence-electron chi connectivity index (χ1n) is 2.15. The summed E-state index contributed by atoms with van der Waals surface area (Å²) >= 11 is -1.06. The summed E-state index contributed by atoms with van der Waals surface area (Å²) in [4.78, 5) is 0. The molecule has 0 N–H and O–H groups in total. The van der Waals surface area contributed by atoms with Gasteiger partial charge in [-0.1, -0.05) is 6.07 Å². The lowest BCUT2D eigenvalue weighted by molar-refractivity contribution is 0.539. The predicted molar refractivity (Wildman–Crippen MR) is 36.9 cm³/mol. The lowest BCUT2D eigenvalue weighted by atomic mass is 10.1. The van der Waals surface area contributed by atoms with Crippen LogP contribution in [-0.2, 0) is 11.1 Å². The Bertz CT molecular complexity index is 232. The van der Waals surface area contributed by atoms with Gasteiger partial charge in [0.15, 0.2) is 0 Å². The maximum absolute atomic E-state index is 10.2. The highest BCUT2D eigenvalue weighted by Gasteiger charge is 1.92. The fraction of sp³-hybridized carbons (Fsp3) is 0. The van der Waals surface area contributed by atoms with E-state index in [2.05, 4.69) is 0 Å². The standard InChI is InChI=1S/C4H3BO2S2/c5-3-1-2-4(8-3)9(6)7/h1-2H,(H,6,7)/p-1. The fourth-order valence-electron chi connectivity index (χ4n) is 0.424. The largest absolute Gasteiger partial charge is 0.768 e. The van der Waals surface area contributed by atoms with Crippen LogP contribution in [-0.4, -0.2) is 16.6 Å². The first kappa shape index (κ1) is 6.99. The summed E-state index contributed by atoms with van der Waals surface area (Å²) in [5, 5.41) is 0. The van der Waals surface area contributed by atoms with Gasteiger partial charge in [-0.15, -0.1) is 11.3 Å². The van der Waals surface area contributed by atoms with E-state index in [-0.39, 0.29) is 4.21 Å². The van der Waals surface area contributed by atoms with Crippen molar-refractivity contribution in [3.05, 3.63) is 12.1 Å². The summed E-state index contributed by atoms with van der Waals surface area (Å²) in [6, 6.07) is 3.04. The number of rotatable bonds is 1. The molecule has 0 bridgehead atoms. The van der Waals surface area contributed by atoms with Gasteiger partial charge in [-0.3, -0.25) is 4.21 Å². The van der Waals surface area contributed by atoms with Crippen LogP contribution < -0.4 is 4.78 Å². The van der Waals surface area contributed by atoms with E-state index >= 15 is 0 Å². The Morgan fingerprint density at radius 3 is 2.56 bits per heavy atom. The zero-order chi connectivity index (χ0) is 6.85. The third-order valence-electron chi connectivity index (χ3n) is 0.766. The predicted octanol–water partition coefficient (Wildman–Crippen LogP) is -0.220. The SMILES string of the molecule is [B]c1ccc(S(=O)[O-])s1. The van der Waals surface area contributed by atoms with Crippen LogP contribution in [0.1, 0.15) is 0 Å². The van der Waals surface area contributed by atoms with Gasteiger partial charge < -0.3 is 4.55 Å². The molecule has 9 heavy (non-hydrogen) atoms. The molecule has 0 aromatic carbocycles. The zero-order valence-electron chi connectivity index (χ0n) is 4.37. The quantitative estimate of drug-likeness (QED) is 0.417. The first-order valence-corrected chi connectivity index (χ1v) is 4.04. The summed E-state index contributed by atoms with van der Waals surface area (Å²) in [6.45, 7) is 0. The minimum Gasteiger partial charge on any atom is -0.768 e. The molecule has 1 rings (SSSR count). The van der Waals surface area contributed by atoms with Gasteiger partial charge in [0, 0.05) is 0 Å². The van der Waals surface area contributed by atoms with Crippen molar-refractivity contribution >= 4 is 35.0 Å². The molecule has 0 amide bonds. The molecule has 0 aliphatic heterocycles. The van der Waals surface area contributed by atoms with Crippen molar-refractivity contribution < 1.29 is 8.76 Å². The highest BCUT2D eigenvalue weighted by Crippen LogP contribution is 2.08. The van der Waals surface area contributed by atoms with E-state index in [1.807, 2.05) is 0 Å². The molecule has 0 aliphatic carbocycles. The molecule has 46 valence electrons. The zero-order valence-corrected chi connectivity index (χ0v) is 6.00. The molecule has 0 saturated carbocycles. The molecule has 2 radical (unpaired) electrons. The molecule has 0 aliphatic rings. The summed E-state index contributed by atoms with van der Waals surface area (Å²) in [5.41, 5.74) is 0. The molecule has 5 heteroatoms. The van der Waals surface area contributed by atoms with Gasteiger partial charge in [0.25, 0.3) is 0 Å². The van der Waals surface area contributed by atoms with Gasteiger partial charge >= 0.3 is 0 Å². The summed E-state index contributed by atoms with van der Waals surface area (Å²) in [7, 11) is 5.26. The highest BCUT2D eigenvalue weighted by atomic mass is 32.2. The lowest BCUT2D eigenvalue weighted by Crippen LogP contribution is -1.89. The van der Waals surface area contributed by atoms with E-state index in [4.69, 9.17) is 7.85 Å². The van der Waals surface area contributed by atoms with E-state index in [0.29, 0.717) is 4.78 Å². The Hall–Kier alpha value is -0.125. The summed E-state index contributed by atoms with van der Waals surface area (Å²) in [5.74, 6) is 0. The second-order valence-corrected chi connectivity index (χ2v) is 3.67. The molecule has 0 saturated heterocycles. The monoisotopic (exact) mass is 157 g/mol. The van der Waals surface area contributed by atoms with Crippen LogP contribution in [0.3, 0.4) is 0 Å². The Morgan fingerprint density at radius 2 is 2.33 bits per heavy atom. The van der Waals surface area contributed by atoms with Crippen molar-refractivity contribution in [2.24, 2.45) is 0 Å². The van der Waals surface area contributed by atoms with Crippen molar-refractivity contribution in [3.8, 4) is 0 Å². The van der Waals surface area contributed by atoms with Crippen LogP contribution in [0.4, 0.5) is 0 Å². The Morgan fingerprint density at radius 1 is 1.67 bits per heavy atom. The van der Waals surface area contributed by atoms with Crippen molar-refractivity contribution in [1.29, 1.82) is 0 Å². The first-order chi connectivity index (χ1) is 4.20. The van der Waals surface area contributed by atoms with Gasteiger partial charge in [0.2, 0.25) is 0 Å². The maximum Gasteiger partial charge on any atom is 0.128 e. The van der Waals surface area contributed by atoms with Crippen LogP contribution in [0.25, 0.3) is 0 Å². The molecule has 0 fully saturated rings. The Labute approximate surface area is 60.6 Å². The maximum atomic E-state index is 10.2. The molecule has 1 heterocycles. The topological polar surface area (TPSA) is 40.1 Å². The normalized spacial score (nSPS) is 13.4. The number of hydrogen-bond acceptors (Lipinski definition) is 3. The molecule has 1 aromatic heterocycles. The van der Waals surface area contributed by atoms with E-state index < -0.39 is 11.1 Å². The van der Waals surface area contributed by atoms with Crippen molar-refractivity contribution in [2.45, 2.75) is 4.21 Å². The third kappa shape index (κ3) is 1.64. The van der Waals surface area contributed by atoms with Crippen molar-refractivity contribution in [3.63, 3.8) is 0 Å². The molecule has 1 aromatic rings. The van der Waals surface area contributed by atoms with Gasteiger partial charge in [-0.05, 0) is 21.9 Å².